The second-order valence-electron chi connectivity index (χ2n) is 4.84. The van der Waals surface area contributed by atoms with Crippen molar-refractivity contribution in [1.82, 2.24) is 20.0 Å². The molecule has 1 atom stereocenters. The van der Waals surface area contributed by atoms with Crippen molar-refractivity contribution in [2.24, 2.45) is 0 Å². The molecule has 6 nitrogen and oxygen atoms in total. The van der Waals surface area contributed by atoms with Gasteiger partial charge in [0.05, 0.1) is 12.3 Å². The van der Waals surface area contributed by atoms with Gasteiger partial charge in [0.25, 0.3) is 0 Å². The fourth-order valence-electron chi connectivity index (χ4n) is 2.14. The van der Waals surface area contributed by atoms with Crippen molar-refractivity contribution in [3.05, 3.63) is 18.0 Å². The van der Waals surface area contributed by atoms with Crippen LogP contribution < -0.4 is 5.32 Å². The molecule has 1 aromatic rings. The number of carbonyl (C=O) groups is 1. The first-order chi connectivity index (χ1) is 9.19. The van der Waals surface area contributed by atoms with E-state index in [9.17, 15) is 4.79 Å². The Hall–Kier alpha value is -1.56. The highest BCUT2D eigenvalue weighted by atomic mass is 16.5. The number of carbonyl (C=O) groups excluding carboxylic acids is 1. The quantitative estimate of drug-likeness (QED) is 0.895. The molecule has 2 amide bonds. The van der Waals surface area contributed by atoms with Crippen LogP contribution in [0.25, 0.3) is 0 Å². The van der Waals surface area contributed by atoms with Gasteiger partial charge in [-0.1, -0.05) is 0 Å². The van der Waals surface area contributed by atoms with Crippen LogP contribution in [0.4, 0.5) is 4.79 Å². The molecule has 106 valence electrons. The molecule has 1 aliphatic rings. The standard InChI is InChI=1S/C13H22N4O2/c1-3-17-10-12(8-15-17)7-14-13(18)16-5-4-6-19-11(2)9-16/h8,10-11H,3-7,9H2,1-2H3,(H,14,18). The number of nitrogens with zero attached hydrogens (tertiary/aromatic N) is 3. The number of hydrogen-bond donors (Lipinski definition) is 1. The summed E-state index contributed by atoms with van der Waals surface area (Å²) in [6.45, 7) is 7.53. The minimum atomic E-state index is -0.0263. The summed E-state index contributed by atoms with van der Waals surface area (Å²) < 4.78 is 7.38. The molecule has 0 aliphatic carbocycles. The van der Waals surface area contributed by atoms with E-state index in [1.165, 1.54) is 0 Å². The van der Waals surface area contributed by atoms with E-state index in [1.807, 2.05) is 29.6 Å². The van der Waals surface area contributed by atoms with Crippen LogP contribution in [0.15, 0.2) is 12.4 Å². The minimum absolute atomic E-state index is 0.0263. The van der Waals surface area contributed by atoms with E-state index in [4.69, 9.17) is 4.74 Å². The zero-order chi connectivity index (χ0) is 13.7. The number of aromatic nitrogens is 2. The lowest BCUT2D eigenvalue weighted by Crippen LogP contribution is -2.42. The Bertz CT molecular complexity index is 419. The Balaban J connectivity index is 1.82. The first-order valence-corrected chi connectivity index (χ1v) is 6.84. The van der Waals surface area contributed by atoms with E-state index < -0.39 is 0 Å². The van der Waals surface area contributed by atoms with Crippen molar-refractivity contribution >= 4 is 6.03 Å². The average molecular weight is 266 g/mol. The third-order valence-corrected chi connectivity index (χ3v) is 3.19. The molecule has 1 aromatic heterocycles. The largest absolute Gasteiger partial charge is 0.377 e. The fraction of sp³-hybridized carbons (Fsp3) is 0.692. The summed E-state index contributed by atoms with van der Waals surface area (Å²) in [6.07, 6.45) is 4.74. The van der Waals surface area contributed by atoms with Gasteiger partial charge in [-0.15, -0.1) is 0 Å². The molecule has 1 saturated heterocycles. The SMILES string of the molecule is CCn1cc(CNC(=O)N2CCCOC(C)C2)cn1. The van der Waals surface area contributed by atoms with E-state index in [0.717, 1.165) is 31.7 Å². The number of amides is 2. The molecular formula is C13H22N4O2. The zero-order valence-corrected chi connectivity index (χ0v) is 11.6. The minimum Gasteiger partial charge on any atom is -0.377 e. The van der Waals surface area contributed by atoms with E-state index in [0.29, 0.717) is 13.1 Å². The smallest absolute Gasteiger partial charge is 0.317 e. The molecule has 0 radical (unpaired) electrons. The highest BCUT2D eigenvalue weighted by molar-refractivity contribution is 5.74. The van der Waals surface area contributed by atoms with Crippen molar-refractivity contribution in [1.29, 1.82) is 0 Å². The predicted molar refractivity (Wildman–Crippen MR) is 71.7 cm³/mol. The second-order valence-corrected chi connectivity index (χ2v) is 4.84. The Kier molecular flexibility index (Phi) is 4.79. The molecule has 2 rings (SSSR count). The number of hydrogen-bond acceptors (Lipinski definition) is 3. The molecule has 6 heteroatoms. The Labute approximate surface area is 113 Å². The number of nitrogens with one attached hydrogen (secondary N) is 1. The summed E-state index contributed by atoms with van der Waals surface area (Å²) >= 11 is 0. The Morgan fingerprint density at radius 2 is 2.47 bits per heavy atom. The highest BCUT2D eigenvalue weighted by Crippen LogP contribution is 2.06. The van der Waals surface area contributed by atoms with Crippen LogP contribution in [0.5, 0.6) is 0 Å². The summed E-state index contributed by atoms with van der Waals surface area (Å²) in [5.41, 5.74) is 1.02. The molecule has 0 spiro atoms. The maximum Gasteiger partial charge on any atom is 0.317 e. The van der Waals surface area contributed by atoms with Gasteiger partial charge in [-0.05, 0) is 20.3 Å². The van der Waals surface area contributed by atoms with Crippen LogP contribution in [0.3, 0.4) is 0 Å². The molecule has 0 aromatic carbocycles. The summed E-state index contributed by atoms with van der Waals surface area (Å²) in [4.78, 5) is 13.9. The average Bonchev–Trinajstić information content (AvgIpc) is 2.76. The number of rotatable bonds is 3. The van der Waals surface area contributed by atoms with Crippen LogP contribution in [0, 0.1) is 0 Å². The van der Waals surface area contributed by atoms with Crippen molar-refractivity contribution in [3.63, 3.8) is 0 Å². The van der Waals surface area contributed by atoms with E-state index in [-0.39, 0.29) is 12.1 Å². The van der Waals surface area contributed by atoms with Crippen LogP contribution in [0.2, 0.25) is 0 Å². The van der Waals surface area contributed by atoms with E-state index in [2.05, 4.69) is 10.4 Å². The number of aryl methyl sites for hydroxylation is 1. The van der Waals surface area contributed by atoms with Crippen LogP contribution in [0.1, 0.15) is 25.8 Å². The van der Waals surface area contributed by atoms with Gasteiger partial charge in [-0.3, -0.25) is 4.68 Å². The highest BCUT2D eigenvalue weighted by Gasteiger charge is 2.19. The summed E-state index contributed by atoms with van der Waals surface area (Å²) in [5, 5.41) is 7.12. The molecule has 1 aliphatic heterocycles. The van der Waals surface area contributed by atoms with Gasteiger partial charge in [-0.2, -0.15) is 5.10 Å². The molecule has 1 fully saturated rings. The van der Waals surface area contributed by atoms with E-state index >= 15 is 0 Å². The van der Waals surface area contributed by atoms with Gasteiger partial charge >= 0.3 is 6.03 Å². The van der Waals surface area contributed by atoms with Crippen molar-refractivity contribution in [2.45, 2.75) is 39.5 Å². The summed E-state index contributed by atoms with van der Waals surface area (Å²) in [5.74, 6) is 0. The lowest BCUT2D eigenvalue weighted by molar-refractivity contribution is 0.0710. The lowest BCUT2D eigenvalue weighted by Gasteiger charge is -2.22. The molecule has 19 heavy (non-hydrogen) atoms. The topological polar surface area (TPSA) is 59.4 Å². The first-order valence-electron chi connectivity index (χ1n) is 6.84. The van der Waals surface area contributed by atoms with Crippen molar-refractivity contribution in [2.75, 3.05) is 19.7 Å². The van der Waals surface area contributed by atoms with Gasteiger partial charge in [-0.25, -0.2) is 4.79 Å². The van der Waals surface area contributed by atoms with Crippen LogP contribution in [-0.4, -0.2) is 46.5 Å². The zero-order valence-electron chi connectivity index (χ0n) is 11.6. The number of ether oxygens (including phenoxy) is 1. The fourth-order valence-corrected chi connectivity index (χ4v) is 2.14. The maximum absolute atomic E-state index is 12.1. The maximum atomic E-state index is 12.1. The molecule has 0 saturated carbocycles. The number of urea groups is 1. The first kappa shape index (κ1) is 13.9. The van der Waals surface area contributed by atoms with Crippen molar-refractivity contribution in [3.8, 4) is 0 Å². The monoisotopic (exact) mass is 266 g/mol. The molecule has 2 heterocycles. The van der Waals surface area contributed by atoms with E-state index in [1.54, 1.807) is 6.20 Å². The van der Waals surface area contributed by atoms with Gasteiger partial charge < -0.3 is 15.0 Å². The normalized spacial score (nSPS) is 20.1. The van der Waals surface area contributed by atoms with Gasteiger partial charge in [0.2, 0.25) is 0 Å². The molecule has 1 N–H and O–H groups in total. The third kappa shape index (κ3) is 3.96. The van der Waals surface area contributed by atoms with Gasteiger partial charge in [0, 0.05) is 44.5 Å². The second kappa shape index (κ2) is 6.56. The molecule has 0 bridgehead atoms. The Morgan fingerprint density at radius 1 is 1.63 bits per heavy atom. The summed E-state index contributed by atoms with van der Waals surface area (Å²) in [7, 11) is 0. The van der Waals surface area contributed by atoms with Crippen LogP contribution >= 0.6 is 0 Å². The molecule has 1 unspecified atom stereocenters. The molecular weight excluding hydrogens is 244 g/mol. The summed E-state index contributed by atoms with van der Waals surface area (Å²) in [6, 6.07) is -0.0263. The predicted octanol–water partition coefficient (Wildman–Crippen LogP) is 1.22. The van der Waals surface area contributed by atoms with Crippen molar-refractivity contribution < 1.29 is 9.53 Å². The van der Waals surface area contributed by atoms with Gasteiger partial charge in [0.1, 0.15) is 0 Å². The van der Waals surface area contributed by atoms with Gasteiger partial charge in [0.15, 0.2) is 0 Å². The third-order valence-electron chi connectivity index (χ3n) is 3.19. The lowest BCUT2D eigenvalue weighted by atomic mass is 10.3. The Morgan fingerprint density at radius 3 is 3.21 bits per heavy atom. The van der Waals surface area contributed by atoms with Crippen LogP contribution in [-0.2, 0) is 17.8 Å².